The monoisotopic (exact) mass is 602 g/mol. The Hall–Kier alpha value is -3.55. The molecule has 2 aliphatic rings. The highest BCUT2D eigenvalue weighted by atomic mass is 35.5. The van der Waals surface area contributed by atoms with Gasteiger partial charge in [0, 0.05) is 50.0 Å². The standard InChI is InChI=1S/C29H35ClN4O8/c1-39-26(40-2)17-42-10-9-41-8-7-18-12-21(30)14-22(13-18)32-29(38)31-15-19-3-4-23-20(11-19)16-34(28(23)37)24-5-6-25(35)33-27(24)36/h3-4,11-14,24,26H,5-10,15-17H2,1-2H3,(H2,31,32,38)(H,33,35,36). The summed E-state index contributed by atoms with van der Waals surface area (Å²) >= 11 is 6.27. The molecule has 1 fully saturated rings. The molecule has 42 heavy (non-hydrogen) atoms. The summed E-state index contributed by atoms with van der Waals surface area (Å²) in [7, 11) is 3.09. The molecule has 1 unspecified atom stereocenters. The summed E-state index contributed by atoms with van der Waals surface area (Å²) in [5.41, 5.74) is 3.53. The molecule has 1 atom stereocenters. The summed E-state index contributed by atoms with van der Waals surface area (Å²) in [6.45, 7) is 2.09. The maximum absolute atomic E-state index is 12.9. The summed E-state index contributed by atoms with van der Waals surface area (Å²) in [5.74, 6) is -1.02. The predicted molar refractivity (Wildman–Crippen MR) is 153 cm³/mol. The first-order valence-corrected chi connectivity index (χ1v) is 14.0. The molecule has 0 aromatic heterocycles. The van der Waals surface area contributed by atoms with Gasteiger partial charge in [0.15, 0.2) is 6.29 Å². The molecular weight excluding hydrogens is 568 g/mol. The van der Waals surface area contributed by atoms with Crippen molar-refractivity contribution >= 4 is 41.0 Å². The number of imide groups is 1. The van der Waals surface area contributed by atoms with Crippen LogP contribution in [-0.4, -0.2) is 81.6 Å². The molecular formula is C29H35ClN4O8. The largest absolute Gasteiger partial charge is 0.379 e. The topological polar surface area (TPSA) is 145 Å². The molecule has 226 valence electrons. The summed E-state index contributed by atoms with van der Waals surface area (Å²) in [5, 5.41) is 8.40. The van der Waals surface area contributed by atoms with Gasteiger partial charge in [-0.1, -0.05) is 23.7 Å². The third-order valence-electron chi connectivity index (χ3n) is 6.94. The van der Waals surface area contributed by atoms with Gasteiger partial charge >= 0.3 is 6.03 Å². The number of fused-ring (bicyclic) bond motifs is 1. The number of ether oxygens (including phenoxy) is 4. The van der Waals surface area contributed by atoms with Crippen molar-refractivity contribution in [3.8, 4) is 0 Å². The van der Waals surface area contributed by atoms with Crippen LogP contribution < -0.4 is 16.0 Å². The SMILES string of the molecule is COC(COCCOCCc1cc(Cl)cc(NC(=O)NCc2ccc3c(c2)CN(C2CCC(=O)NC2=O)C3=O)c1)OC. The molecule has 12 nitrogen and oxygen atoms in total. The van der Waals surface area contributed by atoms with Crippen LogP contribution in [0.3, 0.4) is 0 Å². The van der Waals surface area contributed by atoms with E-state index in [2.05, 4.69) is 16.0 Å². The van der Waals surface area contributed by atoms with Gasteiger partial charge in [-0.25, -0.2) is 4.79 Å². The number of amides is 5. The Morgan fingerprint density at radius 3 is 2.60 bits per heavy atom. The molecule has 2 heterocycles. The average molecular weight is 603 g/mol. The number of nitrogens with zero attached hydrogens (tertiary/aromatic N) is 1. The zero-order valence-electron chi connectivity index (χ0n) is 23.6. The van der Waals surface area contributed by atoms with Crippen LogP contribution in [-0.2, 0) is 48.0 Å². The fourth-order valence-electron chi connectivity index (χ4n) is 4.78. The van der Waals surface area contributed by atoms with Gasteiger partial charge in [0.25, 0.3) is 5.91 Å². The Morgan fingerprint density at radius 1 is 1.05 bits per heavy atom. The smallest absolute Gasteiger partial charge is 0.319 e. The van der Waals surface area contributed by atoms with Crippen molar-refractivity contribution in [3.05, 3.63) is 63.7 Å². The molecule has 0 radical (unpaired) electrons. The van der Waals surface area contributed by atoms with Crippen LogP contribution >= 0.6 is 11.6 Å². The fraction of sp³-hybridized carbons (Fsp3) is 0.448. The highest BCUT2D eigenvalue weighted by molar-refractivity contribution is 6.31. The maximum atomic E-state index is 12.9. The van der Waals surface area contributed by atoms with Crippen LogP contribution in [0.15, 0.2) is 36.4 Å². The molecule has 2 aromatic rings. The first-order valence-electron chi connectivity index (χ1n) is 13.6. The van der Waals surface area contributed by atoms with Crippen molar-refractivity contribution < 1.29 is 38.1 Å². The summed E-state index contributed by atoms with van der Waals surface area (Å²) < 4.78 is 21.2. The molecule has 3 N–H and O–H groups in total. The molecule has 13 heteroatoms. The number of carbonyl (C=O) groups excluding carboxylic acids is 4. The number of piperidine rings is 1. The van der Waals surface area contributed by atoms with Crippen molar-refractivity contribution in [2.24, 2.45) is 0 Å². The lowest BCUT2D eigenvalue weighted by Gasteiger charge is -2.29. The van der Waals surface area contributed by atoms with E-state index in [1.54, 1.807) is 32.4 Å². The van der Waals surface area contributed by atoms with Crippen molar-refractivity contribution in [2.75, 3.05) is 46.0 Å². The molecule has 0 bridgehead atoms. The zero-order chi connectivity index (χ0) is 30.1. The lowest BCUT2D eigenvalue weighted by molar-refractivity contribution is -0.143. The Labute approximate surface area is 248 Å². The molecule has 1 saturated heterocycles. The van der Waals surface area contributed by atoms with Gasteiger partial charge in [0.2, 0.25) is 11.8 Å². The predicted octanol–water partition coefficient (Wildman–Crippen LogP) is 2.62. The molecule has 0 saturated carbocycles. The first-order chi connectivity index (χ1) is 20.3. The number of anilines is 1. The van der Waals surface area contributed by atoms with Crippen LogP contribution in [0.2, 0.25) is 5.02 Å². The molecule has 2 aromatic carbocycles. The molecule has 0 spiro atoms. The number of halogens is 1. The summed E-state index contributed by atoms with van der Waals surface area (Å²) in [6.07, 6.45) is 0.691. The highest BCUT2D eigenvalue weighted by Crippen LogP contribution is 2.28. The Bertz CT molecular complexity index is 1300. The Morgan fingerprint density at radius 2 is 1.83 bits per heavy atom. The van der Waals surface area contributed by atoms with Crippen LogP contribution in [0.5, 0.6) is 0 Å². The van der Waals surface area contributed by atoms with Crippen molar-refractivity contribution in [2.45, 2.75) is 44.7 Å². The number of benzene rings is 2. The molecule has 0 aliphatic carbocycles. The summed E-state index contributed by atoms with van der Waals surface area (Å²) in [6, 6.07) is 9.53. The average Bonchev–Trinajstić information content (AvgIpc) is 3.28. The van der Waals surface area contributed by atoms with Crippen molar-refractivity contribution in [3.63, 3.8) is 0 Å². The van der Waals surface area contributed by atoms with E-state index in [4.69, 9.17) is 30.5 Å². The first kappa shape index (κ1) is 31.4. The minimum absolute atomic E-state index is 0.198. The number of hydrogen-bond acceptors (Lipinski definition) is 8. The number of methoxy groups -OCH3 is 2. The van der Waals surface area contributed by atoms with Gasteiger partial charge in [-0.05, 0) is 53.8 Å². The molecule has 4 rings (SSSR count). The van der Waals surface area contributed by atoms with E-state index in [1.165, 1.54) is 4.90 Å². The highest BCUT2D eigenvalue weighted by Gasteiger charge is 2.39. The second kappa shape index (κ2) is 15.1. The quantitative estimate of drug-likeness (QED) is 0.170. The number of nitrogens with one attached hydrogen (secondary N) is 3. The van der Waals surface area contributed by atoms with E-state index in [-0.39, 0.29) is 31.3 Å². The van der Waals surface area contributed by atoms with E-state index in [0.717, 1.165) is 16.7 Å². The maximum Gasteiger partial charge on any atom is 0.319 e. The van der Waals surface area contributed by atoms with Crippen molar-refractivity contribution in [1.29, 1.82) is 0 Å². The number of carbonyl (C=O) groups is 4. The van der Waals surface area contributed by atoms with E-state index in [9.17, 15) is 19.2 Å². The third kappa shape index (κ3) is 8.49. The third-order valence-corrected chi connectivity index (χ3v) is 7.16. The Kier molecular flexibility index (Phi) is 11.3. The van der Waals surface area contributed by atoms with E-state index >= 15 is 0 Å². The number of hydrogen-bond donors (Lipinski definition) is 3. The van der Waals surface area contributed by atoms with Crippen LogP contribution in [0.25, 0.3) is 0 Å². The molecule has 5 amide bonds. The number of rotatable bonds is 14. The lowest BCUT2D eigenvalue weighted by Crippen LogP contribution is -2.52. The van der Waals surface area contributed by atoms with Gasteiger partial charge in [-0.15, -0.1) is 0 Å². The van der Waals surface area contributed by atoms with Gasteiger partial charge in [-0.2, -0.15) is 0 Å². The van der Waals surface area contributed by atoms with Gasteiger partial charge < -0.3 is 34.5 Å². The van der Waals surface area contributed by atoms with Gasteiger partial charge in [0.05, 0.1) is 26.4 Å². The Balaban J connectivity index is 1.22. The van der Waals surface area contributed by atoms with E-state index in [0.29, 0.717) is 55.5 Å². The minimum Gasteiger partial charge on any atom is -0.379 e. The second-order valence-electron chi connectivity index (χ2n) is 9.89. The van der Waals surface area contributed by atoms with Gasteiger partial charge in [0.1, 0.15) is 6.04 Å². The van der Waals surface area contributed by atoms with Crippen LogP contribution in [0.1, 0.15) is 39.9 Å². The zero-order valence-corrected chi connectivity index (χ0v) is 24.3. The van der Waals surface area contributed by atoms with Gasteiger partial charge in [-0.3, -0.25) is 19.7 Å². The van der Waals surface area contributed by atoms with E-state index < -0.39 is 24.3 Å². The fourth-order valence-corrected chi connectivity index (χ4v) is 5.04. The van der Waals surface area contributed by atoms with Crippen LogP contribution in [0, 0.1) is 0 Å². The normalized spacial score (nSPS) is 16.5. The minimum atomic E-state index is -0.673. The van der Waals surface area contributed by atoms with Crippen LogP contribution in [0.4, 0.5) is 10.5 Å². The lowest BCUT2D eigenvalue weighted by atomic mass is 10.0. The van der Waals surface area contributed by atoms with E-state index in [1.807, 2.05) is 18.2 Å². The second-order valence-corrected chi connectivity index (χ2v) is 10.3. The summed E-state index contributed by atoms with van der Waals surface area (Å²) in [4.78, 5) is 50.7. The number of urea groups is 1. The van der Waals surface area contributed by atoms with Crippen molar-refractivity contribution in [1.82, 2.24) is 15.5 Å². The molecule has 2 aliphatic heterocycles.